The predicted octanol–water partition coefficient (Wildman–Crippen LogP) is 2.18. The zero-order chi connectivity index (χ0) is 19.9. The van der Waals surface area contributed by atoms with Crippen LogP contribution in [0.4, 0.5) is 11.5 Å². The summed E-state index contributed by atoms with van der Waals surface area (Å²) in [5, 5.41) is 13.9. The van der Waals surface area contributed by atoms with Crippen molar-refractivity contribution in [2.24, 2.45) is 5.41 Å². The van der Waals surface area contributed by atoms with Crippen molar-refractivity contribution in [2.75, 3.05) is 30.6 Å². The fourth-order valence-corrected chi connectivity index (χ4v) is 4.12. The molecule has 0 unspecified atom stereocenters. The van der Waals surface area contributed by atoms with E-state index in [0.717, 1.165) is 42.8 Å². The first-order valence-corrected chi connectivity index (χ1v) is 9.46. The second-order valence-corrected chi connectivity index (χ2v) is 7.83. The number of benzene rings is 1. The number of fused-ring (bicyclic) bond motifs is 1. The molecule has 1 saturated heterocycles. The maximum atomic E-state index is 12.7. The van der Waals surface area contributed by atoms with E-state index in [-0.39, 0.29) is 11.3 Å². The van der Waals surface area contributed by atoms with E-state index in [1.54, 1.807) is 18.2 Å². The van der Waals surface area contributed by atoms with Crippen molar-refractivity contribution in [1.29, 1.82) is 0 Å². The number of carbonyl (C=O) groups is 2. The van der Waals surface area contributed by atoms with Gasteiger partial charge in [-0.05, 0) is 61.1 Å². The number of nitrogens with zero attached hydrogens (tertiary/aromatic N) is 3. The first-order valence-electron chi connectivity index (χ1n) is 9.46. The summed E-state index contributed by atoms with van der Waals surface area (Å²) >= 11 is 0. The number of nitrogens with one attached hydrogen (secondary N) is 1. The number of pyridine rings is 1. The summed E-state index contributed by atoms with van der Waals surface area (Å²) < 4.78 is 0. The van der Waals surface area contributed by atoms with Gasteiger partial charge in [-0.3, -0.25) is 14.8 Å². The van der Waals surface area contributed by atoms with E-state index < -0.39 is 5.91 Å². The Labute approximate surface area is 163 Å². The molecular weight excluding hydrogens is 356 g/mol. The molecule has 1 fully saturated rings. The van der Waals surface area contributed by atoms with Crippen LogP contribution in [0.2, 0.25) is 0 Å². The molecule has 0 radical (unpaired) electrons. The summed E-state index contributed by atoms with van der Waals surface area (Å²) in [6, 6.07) is 8.86. The van der Waals surface area contributed by atoms with Crippen molar-refractivity contribution in [3.63, 3.8) is 0 Å². The first kappa shape index (κ1) is 18.4. The minimum atomic E-state index is -0.499. The van der Waals surface area contributed by atoms with Gasteiger partial charge in [0.05, 0.1) is 17.3 Å². The van der Waals surface area contributed by atoms with Crippen LogP contribution in [0.5, 0.6) is 0 Å². The third kappa shape index (κ3) is 3.11. The van der Waals surface area contributed by atoms with Crippen LogP contribution in [0, 0.1) is 5.41 Å². The zero-order valence-electron chi connectivity index (χ0n) is 16.1. The fourth-order valence-electron chi connectivity index (χ4n) is 4.12. The molecular formula is C21H24N4O3. The molecule has 28 heavy (non-hydrogen) atoms. The number of carbonyl (C=O) groups excluding carboxylic acids is 2. The molecule has 1 aromatic carbocycles. The molecule has 7 nitrogen and oxygen atoms in total. The van der Waals surface area contributed by atoms with Crippen molar-refractivity contribution >= 4 is 23.3 Å². The summed E-state index contributed by atoms with van der Waals surface area (Å²) in [6.07, 6.45) is 4.60. The van der Waals surface area contributed by atoms with Crippen LogP contribution in [0.15, 0.2) is 36.5 Å². The molecule has 1 aromatic heterocycles. The molecule has 0 saturated carbocycles. The summed E-state index contributed by atoms with van der Waals surface area (Å²) in [5.74, 6) is 0.387. The molecule has 2 aliphatic rings. The van der Waals surface area contributed by atoms with Gasteiger partial charge in [-0.1, -0.05) is 6.07 Å². The molecule has 2 amide bonds. The smallest absolute Gasteiger partial charge is 0.282 e. The molecule has 1 aliphatic carbocycles. The van der Waals surface area contributed by atoms with Gasteiger partial charge in [0.1, 0.15) is 5.82 Å². The number of rotatable bonds is 3. The quantitative estimate of drug-likeness (QED) is 0.630. The van der Waals surface area contributed by atoms with Gasteiger partial charge < -0.3 is 10.2 Å². The number of hydroxylamine groups is 1. The van der Waals surface area contributed by atoms with Crippen LogP contribution in [-0.4, -0.2) is 42.6 Å². The lowest BCUT2D eigenvalue weighted by Gasteiger charge is -2.32. The Morgan fingerprint density at radius 2 is 2.00 bits per heavy atom. The van der Waals surface area contributed by atoms with Gasteiger partial charge in [-0.2, -0.15) is 5.06 Å². The number of aromatic nitrogens is 1. The van der Waals surface area contributed by atoms with E-state index in [2.05, 4.69) is 10.3 Å². The maximum absolute atomic E-state index is 12.7. The average molecular weight is 380 g/mol. The molecule has 146 valence electrons. The van der Waals surface area contributed by atoms with Crippen molar-refractivity contribution < 1.29 is 14.8 Å². The van der Waals surface area contributed by atoms with Crippen molar-refractivity contribution in [1.82, 2.24) is 10.3 Å². The number of hydrogen-bond acceptors (Lipinski definition) is 5. The van der Waals surface area contributed by atoms with Gasteiger partial charge in [-0.25, -0.2) is 4.98 Å². The number of hydrogen-bond donors (Lipinski definition) is 2. The lowest BCUT2D eigenvalue weighted by atomic mass is 9.70. The summed E-state index contributed by atoms with van der Waals surface area (Å²) in [6.45, 7) is 0.741. The Kier molecular flexibility index (Phi) is 4.55. The maximum Gasteiger partial charge on any atom is 0.282 e. The highest BCUT2D eigenvalue weighted by Crippen LogP contribution is 2.41. The lowest BCUT2D eigenvalue weighted by molar-refractivity contribution is -0.128. The van der Waals surface area contributed by atoms with E-state index in [1.165, 1.54) is 6.20 Å². The van der Waals surface area contributed by atoms with E-state index in [4.69, 9.17) is 0 Å². The molecule has 4 rings (SSSR count). The van der Waals surface area contributed by atoms with Gasteiger partial charge in [0.25, 0.3) is 5.91 Å². The minimum Gasteiger partial charge on any atom is -0.363 e. The molecule has 1 aliphatic heterocycles. The van der Waals surface area contributed by atoms with Gasteiger partial charge in [0, 0.05) is 26.2 Å². The van der Waals surface area contributed by atoms with Gasteiger partial charge >= 0.3 is 0 Å². The van der Waals surface area contributed by atoms with E-state index in [0.29, 0.717) is 22.7 Å². The monoisotopic (exact) mass is 380 g/mol. The van der Waals surface area contributed by atoms with Crippen LogP contribution in [-0.2, 0) is 17.6 Å². The third-order valence-corrected chi connectivity index (χ3v) is 5.85. The largest absolute Gasteiger partial charge is 0.363 e. The Morgan fingerprint density at radius 1 is 1.18 bits per heavy atom. The summed E-state index contributed by atoms with van der Waals surface area (Å²) in [7, 11) is 3.74. The lowest BCUT2D eigenvalue weighted by Crippen LogP contribution is -2.36. The van der Waals surface area contributed by atoms with Crippen molar-refractivity contribution in [3.05, 3.63) is 53.2 Å². The first-order chi connectivity index (χ1) is 13.4. The Balaban J connectivity index is 1.54. The van der Waals surface area contributed by atoms with E-state index in [1.807, 2.05) is 31.1 Å². The molecule has 1 spiro atoms. The highest BCUT2D eigenvalue weighted by atomic mass is 16.5. The molecule has 1 atom stereocenters. The van der Waals surface area contributed by atoms with Crippen molar-refractivity contribution in [3.8, 4) is 0 Å². The van der Waals surface area contributed by atoms with Crippen LogP contribution < -0.4 is 15.3 Å². The number of amides is 2. The standard InChI is InChI=1S/C21H24N4O3/c1-24(2)18-6-5-17(13-23-18)25(28)19(26)15-3-4-16-12-21(8-7-14(16)11-15)9-10-22-20(21)27/h3-6,11,13,28H,7-10,12H2,1-2H3,(H,22,27)/t21-/m1/s1. The Bertz CT molecular complexity index is 926. The highest BCUT2D eigenvalue weighted by Gasteiger charge is 2.44. The second kappa shape index (κ2) is 6.91. The second-order valence-electron chi connectivity index (χ2n) is 7.83. The highest BCUT2D eigenvalue weighted by molar-refractivity contribution is 6.04. The van der Waals surface area contributed by atoms with Crippen LogP contribution in [0.3, 0.4) is 0 Å². The molecule has 7 heteroatoms. The van der Waals surface area contributed by atoms with Gasteiger partial charge in [0.2, 0.25) is 5.91 Å². The van der Waals surface area contributed by atoms with Crippen LogP contribution in [0.1, 0.15) is 34.3 Å². The summed E-state index contributed by atoms with van der Waals surface area (Å²) in [5.41, 5.74) is 2.63. The zero-order valence-corrected chi connectivity index (χ0v) is 16.1. The van der Waals surface area contributed by atoms with Gasteiger partial charge in [0.15, 0.2) is 0 Å². The normalized spacial score (nSPS) is 20.6. The van der Waals surface area contributed by atoms with Gasteiger partial charge in [-0.15, -0.1) is 0 Å². The topological polar surface area (TPSA) is 85.8 Å². The Morgan fingerprint density at radius 3 is 2.64 bits per heavy atom. The van der Waals surface area contributed by atoms with E-state index >= 15 is 0 Å². The minimum absolute atomic E-state index is 0.147. The van der Waals surface area contributed by atoms with Crippen LogP contribution >= 0.6 is 0 Å². The van der Waals surface area contributed by atoms with Crippen molar-refractivity contribution in [2.45, 2.75) is 25.7 Å². The SMILES string of the molecule is CN(C)c1ccc(N(O)C(=O)c2ccc3c(c2)CC[C@@]2(CCNC2=O)C3)cn1. The van der Waals surface area contributed by atoms with E-state index in [9.17, 15) is 14.8 Å². The summed E-state index contributed by atoms with van der Waals surface area (Å²) in [4.78, 5) is 31.0. The predicted molar refractivity (Wildman–Crippen MR) is 106 cm³/mol. The Hall–Kier alpha value is -2.93. The number of aryl methyl sites for hydroxylation is 1. The molecule has 2 aromatic rings. The third-order valence-electron chi connectivity index (χ3n) is 5.85. The van der Waals surface area contributed by atoms with Crippen LogP contribution in [0.25, 0.3) is 0 Å². The molecule has 2 heterocycles. The molecule has 0 bridgehead atoms. The fraction of sp³-hybridized carbons (Fsp3) is 0.381. The average Bonchev–Trinajstić information content (AvgIpc) is 3.06. The molecule has 2 N–H and O–H groups in total. The number of anilines is 2.